The van der Waals surface area contributed by atoms with Gasteiger partial charge in [-0.1, -0.05) is 18.9 Å². The van der Waals surface area contributed by atoms with Gasteiger partial charge in [0.25, 0.3) is 0 Å². The Morgan fingerprint density at radius 2 is 2.00 bits per heavy atom. The van der Waals surface area contributed by atoms with Crippen LogP contribution in [0.4, 0.5) is 0 Å². The second-order valence-electron chi connectivity index (χ2n) is 4.14. The van der Waals surface area contributed by atoms with Crippen molar-refractivity contribution in [1.29, 1.82) is 0 Å². The molecule has 0 saturated carbocycles. The number of carbonyl (C=O) groups excluding carboxylic acids is 1. The van der Waals surface area contributed by atoms with Crippen molar-refractivity contribution >= 4 is 5.78 Å². The largest absolute Gasteiger partial charge is 0.289 e. The van der Waals surface area contributed by atoms with Gasteiger partial charge in [-0.2, -0.15) is 10.2 Å². The summed E-state index contributed by atoms with van der Waals surface area (Å²) in [7, 11) is 0. The minimum absolute atomic E-state index is 0.122. The number of Topliss-reactive ketones (excluding diaryl/α,β-unsaturated/α-hetero) is 1. The summed E-state index contributed by atoms with van der Waals surface area (Å²) in [6.45, 7) is 0. The molecule has 2 rings (SSSR count). The first-order valence-corrected chi connectivity index (χ1v) is 5.88. The van der Waals surface area contributed by atoms with Crippen LogP contribution in [-0.2, 0) is 0 Å². The standard InChI is InChI=1S/C13H16N2O/c16-13(12-8-9-14-15-10-12)11-6-4-2-1-3-5-7-11/h6,8-10H,1-5,7H2/b11-6+. The normalized spacial score (nSPS) is 20.4. The third kappa shape index (κ3) is 2.75. The van der Waals surface area contributed by atoms with E-state index < -0.39 is 0 Å². The number of rotatable bonds is 2. The van der Waals surface area contributed by atoms with Gasteiger partial charge in [0.05, 0.1) is 12.4 Å². The fraction of sp³-hybridized carbons (Fsp3) is 0.462. The summed E-state index contributed by atoms with van der Waals surface area (Å²) in [5.41, 5.74) is 1.61. The fourth-order valence-corrected chi connectivity index (χ4v) is 2.01. The van der Waals surface area contributed by atoms with Gasteiger partial charge in [0.2, 0.25) is 0 Å². The highest BCUT2D eigenvalue weighted by Gasteiger charge is 2.13. The Balaban J connectivity index is 2.14. The molecule has 0 saturated heterocycles. The molecular formula is C13H16N2O. The first kappa shape index (κ1) is 11.0. The maximum Gasteiger partial charge on any atom is 0.190 e. The van der Waals surface area contributed by atoms with Crippen LogP contribution in [0.5, 0.6) is 0 Å². The van der Waals surface area contributed by atoms with Crippen molar-refractivity contribution in [2.45, 2.75) is 38.5 Å². The van der Waals surface area contributed by atoms with E-state index in [0.717, 1.165) is 24.8 Å². The smallest absolute Gasteiger partial charge is 0.190 e. The lowest BCUT2D eigenvalue weighted by atomic mass is 9.95. The van der Waals surface area contributed by atoms with Gasteiger partial charge >= 0.3 is 0 Å². The van der Waals surface area contributed by atoms with E-state index in [1.165, 1.54) is 19.3 Å². The van der Waals surface area contributed by atoms with Crippen LogP contribution >= 0.6 is 0 Å². The fourth-order valence-electron chi connectivity index (χ4n) is 2.01. The number of hydrogen-bond acceptors (Lipinski definition) is 3. The summed E-state index contributed by atoms with van der Waals surface area (Å²) in [6, 6.07) is 1.73. The summed E-state index contributed by atoms with van der Waals surface area (Å²) < 4.78 is 0. The molecule has 0 spiro atoms. The average molecular weight is 216 g/mol. The van der Waals surface area contributed by atoms with Crippen molar-refractivity contribution in [3.05, 3.63) is 35.7 Å². The zero-order valence-corrected chi connectivity index (χ0v) is 9.35. The summed E-state index contributed by atoms with van der Waals surface area (Å²) in [6.07, 6.45) is 12.0. The predicted octanol–water partition coefficient (Wildman–Crippen LogP) is 2.94. The maximum atomic E-state index is 12.1. The maximum absolute atomic E-state index is 12.1. The molecular weight excluding hydrogens is 200 g/mol. The number of carbonyl (C=O) groups is 1. The molecule has 0 N–H and O–H groups in total. The van der Waals surface area contributed by atoms with Crippen molar-refractivity contribution in [3.63, 3.8) is 0 Å². The molecule has 0 fully saturated rings. The lowest BCUT2D eigenvalue weighted by molar-refractivity contribution is 0.102. The Morgan fingerprint density at radius 3 is 2.81 bits per heavy atom. The van der Waals surface area contributed by atoms with Gasteiger partial charge in [-0.05, 0) is 37.3 Å². The van der Waals surface area contributed by atoms with Gasteiger partial charge in [0.1, 0.15) is 0 Å². The molecule has 1 aromatic heterocycles. The molecule has 3 nitrogen and oxygen atoms in total. The third-order valence-corrected chi connectivity index (χ3v) is 2.93. The molecule has 0 bridgehead atoms. The van der Waals surface area contributed by atoms with Crippen LogP contribution in [0.2, 0.25) is 0 Å². The molecule has 84 valence electrons. The highest BCUT2D eigenvalue weighted by Crippen LogP contribution is 2.19. The van der Waals surface area contributed by atoms with Crippen LogP contribution in [0.1, 0.15) is 48.9 Å². The van der Waals surface area contributed by atoms with Gasteiger partial charge in [-0.25, -0.2) is 0 Å². The minimum Gasteiger partial charge on any atom is -0.289 e. The van der Waals surface area contributed by atoms with Crippen molar-refractivity contribution in [3.8, 4) is 0 Å². The van der Waals surface area contributed by atoms with E-state index in [1.54, 1.807) is 18.5 Å². The van der Waals surface area contributed by atoms with E-state index >= 15 is 0 Å². The molecule has 1 aliphatic rings. The van der Waals surface area contributed by atoms with Crippen molar-refractivity contribution in [2.24, 2.45) is 0 Å². The third-order valence-electron chi connectivity index (χ3n) is 2.93. The molecule has 0 atom stereocenters. The molecule has 1 aromatic rings. The SMILES string of the molecule is O=C(/C1=C/CCCCCC1)c1ccnnc1. The number of hydrogen-bond donors (Lipinski definition) is 0. The molecule has 0 amide bonds. The Bertz CT molecular complexity index is 384. The lowest BCUT2D eigenvalue weighted by Gasteiger charge is -2.09. The number of ketones is 1. The van der Waals surface area contributed by atoms with E-state index in [4.69, 9.17) is 0 Å². The Hall–Kier alpha value is -1.51. The second kappa shape index (κ2) is 5.54. The number of allylic oxidation sites excluding steroid dienone is 2. The molecule has 0 aromatic carbocycles. The van der Waals surface area contributed by atoms with Crippen LogP contribution in [0.15, 0.2) is 30.1 Å². The molecule has 3 heteroatoms. The molecule has 0 aliphatic heterocycles. The number of aromatic nitrogens is 2. The molecule has 16 heavy (non-hydrogen) atoms. The quantitative estimate of drug-likeness (QED) is 0.714. The summed E-state index contributed by atoms with van der Waals surface area (Å²) in [4.78, 5) is 12.1. The topological polar surface area (TPSA) is 42.9 Å². The monoisotopic (exact) mass is 216 g/mol. The molecule has 0 unspecified atom stereocenters. The van der Waals surface area contributed by atoms with Gasteiger partial charge in [0, 0.05) is 5.56 Å². The van der Waals surface area contributed by atoms with E-state index in [1.807, 2.05) is 0 Å². The predicted molar refractivity (Wildman–Crippen MR) is 62.1 cm³/mol. The van der Waals surface area contributed by atoms with Crippen molar-refractivity contribution < 1.29 is 4.79 Å². The van der Waals surface area contributed by atoms with Crippen LogP contribution in [0.3, 0.4) is 0 Å². The highest BCUT2D eigenvalue weighted by molar-refractivity contribution is 6.08. The minimum atomic E-state index is 0.122. The molecule has 0 radical (unpaired) electrons. The van der Waals surface area contributed by atoms with Crippen molar-refractivity contribution in [1.82, 2.24) is 10.2 Å². The zero-order valence-electron chi connectivity index (χ0n) is 9.35. The Labute approximate surface area is 95.6 Å². The first-order chi connectivity index (χ1) is 7.88. The summed E-state index contributed by atoms with van der Waals surface area (Å²) in [5.74, 6) is 0.122. The van der Waals surface area contributed by atoms with Gasteiger partial charge < -0.3 is 0 Å². The summed E-state index contributed by atoms with van der Waals surface area (Å²) in [5, 5.41) is 7.43. The second-order valence-corrected chi connectivity index (χ2v) is 4.14. The van der Waals surface area contributed by atoms with Crippen LogP contribution in [0.25, 0.3) is 0 Å². The van der Waals surface area contributed by atoms with E-state index in [-0.39, 0.29) is 5.78 Å². The van der Waals surface area contributed by atoms with Crippen LogP contribution in [-0.4, -0.2) is 16.0 Å². The van der Waals surface area contributed by atoms with Gasteiger partial charge in [0.15, 0.2) is 5.78 Å². The van der Waals surface area contributed by atoms with Crippen LogP contribution < -0.4 is 0 Å². The highest BCUT2D eigenvalue weighted by atomic mass is 16.1. The summed E-state index contributed by atoms with van der Waals surface area (Å²) >= 11 is 0. The lowest BCUT2D eigenvalue weighted by Crippen LogP contribution is -2.05. The van der Waals surface area contributed by atoms with Gasteiger partial charge in [-0.3, -0.25) is 4.79 Å². The zero-order chi connectivity index (χ0) is 11.2. The van der Waals surface area contributed by atoms with E-state index in [2.05, 4.69) is 16.3 Å². The van der Waals surface area contributed by atoms with Crippen molar-refractivity contribution in [2.75, 3.05) is 0 Å². The Kier molecular flexibility index (Phi) is 3.81. The van der Waals surface area contributed by atoms with Gasteiger partial charge in [-0.15, -0.1) is 0 Å². The number of nitrogens with zero attached hydrogens (tertiary/aromatic N) is 2. The Morgan fingerprint density at radius 1 is 1.12 bits per heavy atom. The van der Waals surface area contributed by atoms with Crippen LogP contribution in [0, 0.1) is 0 Å². The average Bonchev–Trinajstić information content (AvgIpc) is 2.29. The molecule has 1 heterocycles. The van der Waals surface area contributed by atoms with E-state index in [9.17, 15) is 4.79 Å². The molecule has 1 aliphatic carbocycles. The van der Waals surface area contributed by atoms with E-state index in [0.29, 0.717) is 5.56 Å². The first-order valence-electron chi connectivity index (χ1n) is 5.88.